The van der Waals surface area contributed by atoms with Gasteiger partial charge in [-0.1, -0.05) is 18.0 Å². The fourth-order valence-corrected chi connectivity index (χ4v) is 2.08. The average molecular weight is 238 g/mol. The third-order valence-electron chi connectivity index (χ3n) is 3.28. The van der Waals surface area contributed by atoms with Crippen LogP contribution in [0.1, 0.15) is 62.8 Å². The Kier molecular flexibility index (Phi) is 3.89. The highest BCUT2D eigenvalue weighted by atomic mass is 16.5. The Morgan fingerprint density at radius 3 is 3.00 bits per heavy atom. The van der Waals surface area contributed by atoms with Crippen LogP contribution in [0.2, 0.25) is 0 Å². The van der Waals surface area contributed by atoms with E-state index in [-0.39, 0.29) is 17.8 Å². The molecule has 1 aliphatic rings. The topological polar surface area (TPSA) is 65.2 Å². The molecule has 0 N–H and O–H groups in total. The Hall–Kier alpha value is -1.23. The Bertz CT molecular complexity index is 389. The lowest BCUT2D eigenvalue weighted by molar-refractivity contribution is -0.120. The van der Waals surface area contributed by atoms with Gasteiger partial charge >= 0.3 is 0 Å². The first-order chi connectivity index (χ1) is 8.22. The molecule has 1 aromatic rings. The predicted octanol–water partition coefficient (Wildman–Crippen LogP) is 2.39. The van der Waals surface area contributed by atoms with Crippen LogP contribution >= 0.6 is 0 Å². The van der Waals surface area contributed by atoms with E-state index >= 15 is 0 Å². The summed E-state index contributed by atoms with van der Waals surface area (Å²) in [5.74, 6) is 0.987. The molecule has 1 aromatic heterocycles. The molecule has 2 atom stereocenters. The highest BCUT2D eigenvalue weighted by Crippen LogP contribution is 2.28. The van der Waals surface area contributed by atoms with E-state index in [9.17, 15) is 4.79 Å². The van der Waals surface area contributed by atoms with E-state index < -0.39 is 0 Å². The number of hydrogen-bond acceptors (Lipinski definition) is 5. The molecule has 0 aliphatic heterocycles. The fourth-order valence-electron chi connectivity index (χ4n) is 2.08. The molecule has 5 nitrogen and oxygen atoms in total. The minimum atomic E-state index is -0.206. The summed E-state index contributed by atoms with van der Waals surface area (Å²) >= 11 is 0. The summed E-state index contributed by atoms with van der Waals surface area (Å²) in [6.45, 7) is 1.85. The van der Waals surface area contributed by atoms with Gasteiger partial charge in [-0.15, -0.1) is 0 Å². The maximum absolute atomic E-state index is 11.9. The molecule has 0 aromatic carbocycles. The van der Waals surface area contributed by atoms with E-state index in [1.165, 1.54) is 0 Å². The molecule has 0 radical (unpaired) electrons. The van der Waals surface area contributed by atoms with E-state index in [1.807, 2.05) is 6.92 Å². The average Bonchev–Trinajstić information content (AvgIpc) is 2.72. The van der Waals surface area contributed by atoms with Crippen LogP contribution in [0.25, 0.3) is 0 Å². The number of carbonyl (C=O) groups excluding carboxylic acids is 1. The van der Waals surface area contributed by atoms with Gasteiger partial charge in [0, 0.05) is 13.5 Å². The second-order valence-corrected chi connectivity index (χ2v) is 4.49. The van der Waals surface area contributed by atoms with Crippen LogP contribution in [0.3, 0.4) is 0 Å². The SMILES string of the molecule is COC(C)c1noc(C2CCCCCC2=O)n1. The number of Topliss-reactive ketones (excluding diaryl/α,β-unsaturated/α-hetero) is 1. The molecule has 94 valence electrons. The number of rotatable bonds is 3. The highest BCUT2D eigenvalue weighted by molar-refractivity contribution is 5.84. The molecule has 0 amide bonds. The molecule has 0 saturated heterocycles. The Morgan fingerprint density at radius 2 is 2.24 bits per heavy atom. The van der Waals surface area contributed by atoms with Gasteiger partial charge < -0.3 is 9.26 Å². The van der Waals surface area contributed by atoms with Crippen molar-refractivity contribution in [3.8, 4) is 0 Å². The predicted molar refractivity (Wildman–Crippen MR) is 60.6 cm³/mol. The molecule has 17 heavy (non-hydrogen) atoms. The van der Waals surface area contributed by atoms with E-state index in [0.717, 1.165) is 25.7 Å². The van der Waals surface area contributed by atoms with Gasteiger partial charge in [0.15, 0.2) is 5.82 Å². The fraction of sp³-hybridized carbons (Fsp3) is 0.750. The normalized spacial score (nSPS) is 23.4. The van der Waals surface area contributed by atoms with Gasteiger partial charge in [0.1, 0.15) is 11.9 Å². The number of hydrogen-bond donors (Lipinski definition) is 0. The lowest BCUT2D eigenvalue weighted by Gasteiger charge is -2.06. The summed E-state index contributed by atoms with van der Waals surface area (Å²) in [7, 11) is 1.59. The van der Waals surface area contributed by atoms with Crippen molar-refractivity contribution in [2.75, 3.05) is 7.11 Å². The molecule has 1 saturated carbocycles. The zero-order chi connectivity index (χ0) is 12.3. The number of methoxy groups -OCH3 is 1. The Labute approximate surface area is 101 Å². The summed E-state index contributed by atoms with van der Waals surface area (Å²) in [6.07, 6.45) is 4.38. The third kappa shape index (κ3) is 2.72. The first-order valence-electron chi connectivity index (χ1n) is 6.11. The molecule has 2 unspecified atom stereocenters. The lowest BCUT2D eigenvalue weighted by Crippen LogP contribution is -2.11. The van der Waals surface area contributed by atoms with E-state index in [2.05, 4.69) is 10.1 Å². The van der Waals surface area contributed by atoms with Crippen molar-refractivity contribution < 1.29 is 14.1 Å². The van der Waals surface area contributed by atoms with Crippen molar-refractivity contribution >= 4 is 5.78 Å². The van der Waals surface area contributed by atoms with Crippen LogP contribution in [-0.4, -0.2) is 23.0 Å². The molecular formula is C12H18N2O3. The molecule has 1 fully saturated rings. The number of nitrogens with zero attached hydrogens (tertiary/aromatic N) is 2. The number of ketones is 1. The third-order valence-corrected chi connectivity index (χ3v) is 3.28. The molecule has 1 heterocycles. The molecule has 1 aliphatic carbocycles. The maximum Gasteiger partial charge on any atom is 0.237 e. The van der Waals surface area contributed by atoms with Gasteiger partial charge in [-0.05, 0) is 19.8 Å². The summed E-state index contributed by atoms with van der Waals surface area (Å²) in [5.41, 5.74) is 0. The smallest absolute Gasteiger partial charge is 0.237 e. The van der Waals surface area contributed by atoms with Crippen molar-refractivity contribution in [1.82, 2.24) is 10.1 Å². The van der Waals surface area contributed by atoms with Crippen LogP contribution < -0.4 is 0 Å². The monoisotopic (exact) mass is 238 g/mol. The van der Waals surface area contributed by atoms with E-state index in [0.29, 0.717) is 18.1 Å². The van der Waals surface area contributed by atoms with Gasteiger partial charge in [-0.2, -0.15) is 4.98 Å². The highest BCUT2D eigenvalue weighted by Gasteiger charge is 2.28. The van der Waals surface area contributed by atoms with Crippen LogP contribution in [0.4, 0.5) is 0 Å². The van der Waals surface area contributed by atoms with Crippen LogP contribution in [0, 0.1) is 0 Å². The summed E-state index contributed by atoms with van der Waals surface area (Å²) in [5, 5.41) is 3.86. The Morgan fingerprint density at radius 1 is 1.41 bits per heavy atom. The second-order valence-electron chi connectivity index (χ2n) is 4.49. The van der Waals surface area contributed by atoms with Gasteiger partial charge in [0.25, 0.3) is 0 Å². The summed E-state index contributed by atoms with van der Waals surface area (Å²) in [6, 6.07) is 0. The van der Waals surface area contributed by atoms with Crippen molar-refractivity contribution in [1.29, 1.82) is 0 Å². The molecule has 5 heteroatoms. The largest absolute Gasteiger partial charge is 0.374 e. The summed E-state index contributed by atoms with van der Waals surface area (Å²) in [4.78, 5) is 16.2. The zero-order valence-corrected chi connectivity index (χ0v) is 10.3. The van der Waals surface area contributed by atoms with Gasteiger partial charge in [-0.25, -0.2) is 0 Å². The Balaban J connectivity index is 2.15. The molecule has 0 spiro atoms. The zero-order valence-electron chi connectivity index (χ0n) is 10.3. The van der Waals surface area contributed by atoms with E-state index in [4.69, 9.17) is 9.26 Å². The first kappa shape index (κ1) is 12.2. The first-order valence-corrected chi connectivity index (χ1v) is 6.11. The van der Waals surface area contributed by atoms with Gasteiger partial charge in [-0.3, -0.25) is 4.79 Å². The van der Waals surface area contributed by atoms with Crippen LogP contribution in [0.5, 0.6) is 0 Å². The maximum atomic E-state index is 11.9. The van der Waals surface area contributed by atoms with Gasteiger partial charge in [0.05, 0.1) is 5.92 Å². The summed E-state index contributed by atoms with van der Waals surface area (Å²) < 4.78 is 10.3. The minimum Gasteiger partial charge on any atom is -0.374 e. The number of ether oxygens (including phenoxy) is 1. The quantitative estimate of drug-likeness (QED) is 0.756. The standard InChI is InChI=1S/C12H18N2O3/c1-8(16-2)11-13-12(17-14-11)9-6-4-3-5-7-10(9)15/h8-9H,3-7H2,1-2H3. The van der Waals surface area contributed by atoms with Crippen molar-refractivity contribution in [2.45, 2.75) is 51.0 Å². The number of aromatic nitrogens is 2. The number of carbonyl (C=O) groups is 1. The van der Waals surface area contributed by atoms with Crippen LogP contribution in [-0.2, 0) is 9.53 Å². The minimum absolute atomic E-state index is 0.201. The molecule has 0 bridgehead atoms. The van der Waals surface area contributed by atoms with E-state index in [1.54, 1.807) is 7.11 Å². The van der Waals surface area contributed by atoms with Crippen molar-refractivity contribution in [3.63, 3.8) is 0 Å². The second kappa shape index (κ2) is 5.40. The molecule has 2 rings (SSSR count). The van der Waals surface area contributed by atoms with Crippen molar-refractivity contribution in [2.24, 2.45) is 0 Å². The lowest BCUT2D eigenvalue weighted by atomic mass is 9.99. The van der Waals surface area contributed by atoms with Crippen molar-refractivity contribution in [3.05, 3.63) is 11.7 Å². The van der Waals surface area contributed by atoms with Crippen LogP contribution in [0.15, 0.2) is 4.52 Å². The van der Waals surface area contributed by atoms with Gasteiger partial charge in [0.2, 0.25) is 5.89 Å². The molecular weight excluding hydrogens is 220 g/mol.